The molecule has 1 amide bonds. The van der Waals surface area contributed by atoms with Gasteiger partial charge in [-0.3, -0.25) is 9.59 Å². The Morgan fingerprint density at radius 2 is 2.04 bits per heavy atom. The highest BCUT2D eigenvalue weighted by atomic mass is 35.5. The second-order valence-corrected chi connectivity index (χ2v) is 8.43. The first-order valence-corrected chi connectivity index (χ1v) is 9.44. The first kappa shape index (κ1) is 18.9. The van der Waals surface area contributed by atoms with Gasteiger partial charge >= 0.3 is 0 Å². The van der Waals surface area contributed by atoms with E-state index < -0.39 is 5.82 Å². The lowest BCUT2D eigenvalue weighted by molar-refractivity contribution is -0.164. The molecule has 1 heterocycles. The largest absolute Gasteiger partial charge is 0.484 e. The van der Waals surface area contributed by atoms with E-state index in [1.807, 2.05) is 0 Å². The van der Waals surface area contributed by atoms with Crippen LogP contribution in [0.2, 0.25) is 5.02 Å². The van der Waals surface area contributed by atoms with Gasteiger partial charge in [0.2, 0.25) is 0 Å². The Bertz CT molecular complexity index is 932. The molecule has 0 saturated heterocycles. The number of ketones is 1. The van der Waals surface area contributed by atoms with Gasteiger partial charge in [0.25, 0.3) is 5.91 Å². The SMILES string of the molecule is Cc1noc(C)c1C(=O)CC12CC(NC(=O)COc3ccc(Cl)c(F)c3)(C1)C2. The number of halogens is 2. The molecule has 8 heteroatoms. The van der Waals surface area contributed by atoms with Crippen molar-refractivity contribution in [3.8, 4) is 5.75 Å². The molecular formula is C20H20ClFN2O4. The Hall–Kier alpha value is -2.41. The van der Waals surface area contributed by atoms with Crippen LogP contribution in [0.4, 0.5) is 4.39 Å². The molecule has 1 N–H and O–H groups in total. The fraction of sp³-hybridized carbons (Fsp3) is 0.450. The second-order valence-electron chi connectivity index (χ2n) is 8.02. The zero-order valence-corrected chi connectivity index (χ0v) is 16.4. The van der Waals surface area contributed by atoms with E-state index in [1.165, 1.54) is 12.1 Å². The number of nitrogens with zero attached hydrogens (tertiary/aromatic N) is 1. The van der Waals surface area contributed by atoms with E-state index >= 15 is 0 Å². The number of aromatic nitrogens is 1. The maximum absolute atomic E-state index is 13.4. The molecular weight excluding hydrogens is 387 g/mol. The molecule has 5 rings (SSSR count). The van der Waals surface area contributed by atoms with Gasteiger partial charge in [-0.15, -0.1) is 0 Å². The minimum absolute atomic E-state index is 0.00195. The Kier molecular flexibility index (Phi) is 4.45. The van der Waals surface area contributed by atoms with E-state index in [1.54, 1.807) is 13.8 Å². The number of rotatable bonds is 7. The van der Waals surface area contributed by atoms with Crippen molar-refractivity contribution in [2.75, 3.05) is 6.61 Å². The summed E-state index contributed by atoms with van der Waals surface area (Å²) in [6.07, 6.45) is 2.76. The number of Topliss-reactive ketones (excluding diaryl/α,β-unsaturated/α-hetero) is 1. The minimum Gasteiger partial charge on any atom is -0.484 e. The molecule has 3 aliphatic rings. The molecule has 3 aliphatic carbocycles. The third-order valence-electron chi connectivity index (χ3n) is 5.65. The topological polar surface area (TPSA) is 81.4 Å². The van der Waals surface area contributed by atoms with E-state index in [4.69, 9.17) is 20.9 Å². The van der Waals surface area contributed by atoms with E-state index in [9.17, 15) is 14.0 Å². The molecule has 0 radical (unpaired) electrons. The first-order valence-electron chi connectivity index (χ1n) is 9.06. The number of carbonyl (C=O) groups is 2. The monoisotopic (exact) mass is 406 g/mol. The number of benzene rings is 1. The van der Waals surface area contributed by atoms with Crippen molar-refractivity contribution >= 4 is 23.3 Å². The Morgan fingerprint density at radius 3 is 2.64 bits per heavy atom. The van der Waals surface area contributed by atoms with E-state index in [0.29, 0.717) is 23.4 Å². The Morgan fingerprint density at radius 1 is 1.32 bits per heavy atom. The molecule has 2 bridgehead atoms. The normalized spacial score (nSPS) is 24.9. The number of hydrogen-bond acceptors (Lipinski definition) is 5. The van der Waals surface area contributed by atoms with Gasteiger partial charge in [-0.05, 0) is 50.7 Å². The van der Waals surface area contributed by atoms with E-state index in [2.05, 4.69) is 10.5 Å². The molecule has 28 heavy (non-hydrogen) atoms. The number of carbonyl (C=O) groups excluding carboxylic acids is 2. The van der Waals surface area contributed by atoms with E-state index in [0.717, 1.165) is 25.3 Å². The zero-order chi connectivity index (χ0) is 20.1. The first-order chi connectivity index (χ1) is 13.2. The highest BCUT2D eigenvalue weighted by molar-refractivity contribution is 6.30. The van der Waals surface area contributed by atoms with Crippen LogP contribution in [-0.2, 0) is 4.79 Å². The highest BCUT2D eigenvalue weighted by Crippen LogP contribution is 2.69. The van der Waals surface area contributed by atoms with Gasteiger partial charge < -0.3 is 14.6 Å². The summed E-state index contributed by atoms with van der Waals surface area (Å²) in [6.45, 7) is 3.30. The second kappa shape index (κ2) is 6.58. The van der Waals surface area contributed by atoms with Gasteiger partial charge in [0.15, 0.2) is 12.4 Å². The number of amides is 1. The summed E-state index contributed by atoms with van der Waals surface area (Å²) in [5.41, 5.74) is 0.907. The molecule has 0 atom stereocenters. The average Bonchev–Trinajstić information content (AvgIpc) is 2.91. The quantitative estimate of drug-likeness (QED) is 0.708. The number of hydrogen-bond donors (Lipinski definition) is 1. The van der Waals surface area contributed by atoms with Crippen LogP contribution in [0.5, 0.6) is 5.75 Å². The lowest BCUT2D eigenvalue weighted by Gasteiger charge is -2.70. The maximum atomic E-state index is 13.4. The molecule has 1 aromatic heterocycles. The molecule has 3 saturated carbocycles. The molecule has 0 spiro atoms. The van der Waals surface area contributed by atoms with Gasteiger partial charge in [0.05, 0.1) is 16.3 Å². The van der Waals surface area contributed by atoms with Crippen molar-refractivity contribution in [3.63, 3.8) is 0 Å². The fourth-order valence-electron chi connectivity index (χ4n) is 4.68. The lowest BCUT2D eigenvalue weighted by Crippen LogP contribution is -2.75. The summed E-state index contributed by atoms with van der Waals surface area (Å²) in [7, 11) is 0. The number of ether oxygens (including phenoxy) is 1. The van der Waals surface area contributed by atoms with Crippen molar-refractivity contribution in [2.45, 2.75) is 45.1 Å². The minimum atomic E-state index is -0.594. The molecule has 0 aliphatic heterocycles. The van der Waals surface area contributed by atoms with Crippen LogP contribution in [0.25, 0.3) is 0 Å². The van der Waals surface area contributed by atoms with Gasteiger partial charge in [-0.25, -0.2) is 4.39 Å². The van der Waals surface area contributed by atoms with Crippen LogP contribution in [0.15, 0.2) is 22.7 Å². The van der Waals surface area contributed by atoms with Gasteiger partial charge in [0, 0.05) is 18.0 Å². The van der Waals surface area contributed by atoms with Crippen LogP contribution >= 0.6 is 11.6 Å². The summed E-state index contributed by atoms with van der Waals surface area (Å²) in [6, 6.07) is 4.03. The Balaban J connectivity index is 1.26. The van der Waals surface area contributed by atoms with Crippen molar-refractivity contribution in [1.82, 2.24) is 10.5 Å². The van der Waals surface area contributed by atoms with Crippen LogP contribution in [0.1, 0.15) is 47.5 Å². The van der Waals surface area contributed by atoms with Crippen molar-refractivity contribution in [2.24, 2.45) is 5.41 Å². The predicted molar refractivity (Wildman–Crippen MR) is 99.0 cm³/mol. The van der Waals surface area contributed by atoms with Crippen LogP contribution in [0.3, 0.4) is 0 Å². The third-order valence-corrected chi connectivity index (χ3v) is 5.96. The maximum Gasteiger partial charge on any atom is 0.258 e. The summed E-state index contributed by atoms with van der Waals surface area (Å²) in [5, 5.41) is 6.82. The molecule has 6 nitrogen and oxygen atoms in total. The number of aryl methyl sites for hydroxylation is 2. The molecule has 148 valence electrons. The lowest BCUT2D eigenvalue weighted by atomic mass is 9.38. The van der Waals surface area contributed by atoms with Gasteiger partial charge in [0.1, 0.15) is 17.3 Å². The van der Waals surface area contributed by atoms with Crippen molar-refractivity contribution in [1.29, 1.82) is 0 Å². The summed E-state index contributed by atoms with van der Waals surface area (Å²) < 4.78 is 23.8. The zero-order valence-electron chi connectivity index (χ0n) is 15.6. The molecule has 1 aromatic carbocycles. The average molecular weight is 407 g/mol. The summed E-state index contributed by atoms with van der Waals surface area (Å²) in [4.78, 5) is 24.7. The summed E-state index contributed by atoms with van der Waals surface area (Å²) >= 11 is 5.62. The van der Waals surface area contributed by atoms with Crippen LogP contribution in [-0.4, -0.2) is 29.0 Å². The van der Waals surface area contributed by atoms with Gasteiger partial charge in [-0.1, -0.05) is 16.8 Å². The third kappa shape index (κ3) is 3.28. The molecule has 3 fully saturated rings. The smallest absolute Gasteiger partial charge is 0.258 e. The molecule has 0 unspecified atom stereocenters. The van der Waals surface area contributed by atoms with Crippen LogP contribution in [0, 0.1) is 25.1 Å². The van der Waals surface area contributed by atoms with Gasteiger partial charge in [-0.2, -0.15) is 0 Å². The standard InChI is InChI=1S/C20H20ClFN2O4/c1-11-18(12(2)28-24-11)16(25)6-19-8-20(9-19,10-19)23-17(26)7-27-13-3-4-14(21)15(22)5-13/h3-5H,6-10H2,1-2H3,(H,23,26). The Labute approximate surface area is 166 Å². The van der Waals surface area contributed by atoms with Crippen molar-refractivity contribution in [3.05, 3.63) is 46.1 Å². The number of nitrogens with one attached hydrogen (secondary N) is 1. The predicted octanol–water partition coefficient (Wildman–Crippen LogP) is 3.77. The van der Waals surface area contributed by atoms with Crippen molar-refractivity contribution < 1.29 is 23.2 Å². The fourth-order valence-corrected chi connectivity index (χ4v) is 4.79. The molecule has 2 aromatic rings. The van der Waals surface area contributed by atoms with E-state index in [-0.39, 0.29) is 40.0 Å². The van der Waals surface area contributed by atoms with Crippen LogP contribution < -0.4 is 10.1 Å². The summed E-state index contributed by atoms with van der Waals surface area (Å²) in [5.74, 6) is -0.0161. The highest BCUT2D eigenvalue weighted by Gasteiger charge is 2.68.